The molecule has 2 aromatic rings. The maximum Gasteiger partial charge on any atom is 0.322 e. The third kappa shape index (κ3) is 5.78. The molecule has 6 heteroatoms. The molecule has 1 heterocycles. The summed E-state index contributed by atoms with van der Waals surface area (Å²) in [4.78, 5) is 29.4. The summed E-state index contributed by atoms with van der Waals surface area (Å²) in [6.45, 7) is 8.64. The van der Waals surface area contributed by atoms with Crippen LogP contribution in [-0.2, 0) is 6.54 Å². The first-order valence-corrected chi connectivity index (χ1v) is 11.1. The van der Waals surface area contributed by atoms with Gasteiger partial charge in [0.05, 0.1) is 6.54 Å². The van der Waals surface area contributed by atoms with Crippen molar-refractivity contribution in [1.82, 2.24) is 9.80 Å². The number of amides is 3. The molecule has 0 bridgehead atoms. The van der Waals surface area contributed by atoms with Crippen LogP contribution in [0.1, 0.15) is 54.6 Å². The van der Waals surface area contributed by atoms with Gasteiger partial charge in [0.25, 0.3) is 5.91 Å². The number of piperidine rings is 1. The topological polar surface area (TPSA) is 72.9 Å². The zero-order valence-corrected chi connectivity index (χ0v) is 18.7. The maximum absolute atomic E-state index is 12.9. The maximum atomic E-state index is 12.9. The van der Waals surface area contributed by atoms with Crippen molar-refractivity contribution in [3.05, 3.63) is 59.2 Å². The number of para-hydroxylation sites is 1. The summed E-state index contributed by atoms with van der Waals surface area (Å²) in [5, 5.41) is 13.0. The van der Waals surface area contributed by atoms with Crippen molar-refractivity contribution >= 4 is 17.6 Å². The van der Waals surface area contributed by atoms with Crippen LogP contribution in [0.2, 0.25) is 0 Å². The Morgan fingerprint density at radius 3 is 2.52 bits per heavy atom. The zero-order chi connectivity index (χ0) is 22.4. The molecular weight excluding hydrogens is 390 g/mol. The number of carbonyl (C=O) groups is 2. The van der Waals surface area contributed by atoms with Crippen LogP contribution in [0.25, 0.3) is 0 Å². The molecule has 0 saturated carbocycles. The number of rotatable bonds is 6. The highest BCUT2D eigenvalue weighted by Gasteiger charge is 2.22. The fourth-order valence-electron chi connectivity index (χ4n) is 3.90. The highest BCUT2D eigenvalue weighted by molar-refractivity contribution is 5.96. The Morgan fingerprint density at radius 1 is 1.16 bits per heavy atom. The van der Waals surface area contributed by atoms with Crippen molar-refractivity contribution in [2.24, 2.45) is 5.92 Å². The number of phenols is 1. The Morgan fingerprint density at radius 2 is 1.87 bits per heavy atom. The Bertz CT molecular complexity index is 920. The van der Waals surface area contributed by atoms with Crippen molar-refractivity contribution < 1.29 is 14.7 Å². The molecule has 0 radical (unpaired) electrons. The molecule has 1 aliphatic heterocycles. The van der Waals surface area contributed by atoms with Crippen LogP contribution in [0.5, 0.6) is 5.75 Å². The summed E-state index contributed by atoms with van der Waals surface area (Å²) >= 11 is 0. The van der Waals surface area contributed by atoms with Gasteiger partial charge in [0, 0.05) is 36.4 Å². The second-order valence-electron chi connectivity index (χ2n) is 8.48. The first-order valence-electron chi connectivity index (χ1n) is 11.1. The third-order valence-corrected chi connectivity index (χ3v) is 5.92. The van der Waals surface area contributed by atoms with E-state index in [-0.39, 0.29) is 17.7 Å². The van der Waals surface area contributed by atoms with Crippen molar-refractivity contribution in [1.29, 1.82) is 0 Å². The summed E-state index contributed by atoms with van der Waals surface area (Å²) in [5.41, 5.74) is 2.90. The minimum Gasteiger partial charge on any atom is -0.508 e. The smallest absolute Gasteiger partial charge is 0.322 e. The predicted octanol–water partition coefficient (Wildman–Crippen LogP) is 5.02. The standard InChI is InChI=1S/C25H33N3O3/c1-4-13-28(17-21-7-5-6-8-23(21)29)25(31)26-22-10-9-20(16-19(22)3)24(30)27-14-11-18(2)12-15-27/h5-10,16,18,29H,4,11-15,17H2,1-3H3,(H,26,31). The number of carbonyl (C=O) groups excluding carboxylic acids is 2. The van der Waals surface area contributed by atoms with Gasteiger partial charge in [-0.2, -0.15) is 0 Å². The Balaban J connectivity index is 1.68. The minimum absolute atomic E-state index is 0.0556. The molecule has 1 saturated heterocycles. The number of benzene rings is 2. The molecule has 0 spiro atoms. The van der Waals surface area contributed by atoms with Crippen LogP contribution in [0, 0.1) is 12.8 Å². The average Bonchev–Trinajstić information content (AvgIpc) is 2.76. The fourth-order valence-corrected chi connectivity index (χ4v) is 3.90. The lowest BCUT2D eigenvalue weighted by atomic mass is 9.98. The predicted molar refractivity (Wildman–Crippen MR) is 123 cm³/mol. The van der Waals surface area contributed by atoms with Crippen molar-refractivity contribution in [2.75, 3.05) is 25.0 Å². The third-order valence-electron chi connectivity index (χ3n) is 5.92. The summed E-state index contributed by atoms with van der Waals surface area (Å²) in [6, 6.07) is 12.3. The molecule has 0 aliphatic carbocycles. The SMILES string of the molecule is CCCN(Cc1ccccc1O)C(=O)Nc1ccc(C(=O)N2CCC(C)CC2)cc1C. The number of anilines is 1. The largest absolute Gasteiger partial charge is 0.508 e. The lowest BCUT2D eigenvalue weighted by Gasteiger charge is -2.30. The van der Waals surface area contributed by atoms with Gasteiger partial charge in [-0.3, -0.25) is 4.79 Å². The highest BCUT2D eigenvalue weighted by atomic mass is 16.3. The van der Waals surface area contributed by atoms with Gasteiger partial charge in [-0.15, -0.1) is 0 Å². The molecule has 31 heavy (non-hydrogen) atoms. The molecule has 166 valence electrons. The van der Waals surface area contributed by atoms with Crippen LogP contribution >= 0.6 is 0 Å². The number of aromatic hydroxyl groups is 1. The van der Waals surface area contributed by atoms with E-state index >= 15 is 0 Å². The van der Waals surface area contributed by atoms with Crippen molar-refractivity contribution in [3.8, 4) is 5.75 Å². The second kappa shape index (κ2) is 10.3. The Labute approximate surface area is 184 Å². The van der Waals surface area contributed by atoms with Crippen LogP contribution in [0.4, 0.5) is 10.5 Å². The van der Waals surface area contributed by atoms with E-state index in [9.17, 15) is 14.7 Å². The van der Waals surface area contributed by atoms with Crippen LogP contribution < -0.4 is 5.32 Å². The summed E-state index contributed by atoms with van der Waals surface area (Å²) in [5.74, 6) is 0.912. The van der Waals surface area contributed by atoms with Crippen LogP contribution in [0.3, 0.4) is 0 Å². The molecule has 3 amide bonds. The number of urea groups is 1. The average molecular weight is 424 g/mol. The number of hydrogen-bond acceptors (Lipinski definition) is 3. The molecule has 1 fully saturated rings. The van der Waals surface area contributed by atoms with E-state index in [1.165, 1.54) is 0 Å². The summed E-state index contributed by atoms with van der Waals surface area (Å²) in [6.07, 6.45) is 2.90. The molecule has 2 aromatic carbocycles. The van der Waals surface area contributed by atoms with Crippen LogP contribution in [-0.4, -0.2) is 46.5 Å². The van der Waals surface area contributed by atoms with Gasteiger partial charge in [0.1, 0.15) is 5.75 Å². The lowest BCUT2D eigenvalue weighted by molar-refractivity contribution is 0.0697. The van der Waals surface area contributed by atoms with E-state index in [1.807, 2.05) is 36.9 Å². The number of nitrogens with one attached hydrogen (secondary N) is 1. The number of nitrogens with zero attached hydrogens (tertiary/aromatic N) is 2. The summed E-state index contributed by atoms with van der Waals surface area (Å²) in [7, 11) is 0. The van der Waals surface area contributed by atoms with Gasteiger partial charge < -0.3 is 20.2 Å². The molecule has 1 aliphatic rings. The molecular formula is C25H33N3O3. The first-order chi connectivity index (χ1) is 14.9. The van der Waals surface area contributed by atoms with E-state index in [0.717, 1.165) is 37.9 Å². The monoisotopic (exact) mass is 423 g/mol. The normalized spacial score (nSPS) is 14.4. The van der Waals surface area contributed by atoms with Gasteiger partial charge in [-0.05, 0) is 61.9 Å². The van der Waals surface area contributed by atoms with E-state index < -0.39 is 0 Å². The van der Waals surface area contributed by atoms with Gasteiger partial charge in [0.15, 0.2) is 0 Å². The fraction of sp³-hybridized carbons (Fsp3) is 0.440. The highest BCUT2D eigenvalue weighted by Crippen LogP contribution is 2.23. The number of likely N-dealkylation sites (tertiary alicyclic amines) is 1. The zero-order valence-electron chi connectivity index (χ0n) is 18.7. The van der Waals surface area contributed by atoms with Crippen molar-refractivity contribution in [3.63, 3.8) is 0 Å². The molecule has 0 aromatic heterocycles. The van der Waals surface area contributed by atoms with E-state index in [2.05, 4.69) is 12.2 Å². The van der Waals surface area contributed by atoms with E-state index in [4.69, 9.17) is 0 Å². The van der Waals surface area contributed by atoms with E-state index in [0.29, 0.717) is 35.8 Å². The molecule has 0 unspecified atom stereocenters. The van der Waals surface area contributed by atoms with Gasteiger partial charge in [-0.25, -0.2) is 4.79 Å². The van der Waals surface area contributed by atoms with Gasteiger partial charge in [-0.1, -0.05) is 32.0 Å². The minimum atomic E-state index is -0.225. The first kappa shape index (κ1) is 22.7. The van der Waals surface area contributed by atoms with Crippen LogP contribution in [0.15, 0.2) is 42.5 Å². The molecule has 6 nitrogen and oxygen atoms in total. The quantitative estimate of drug-likeness (QED) is 0.685. The Kier molecular flexibility index (Phi) is 7.55. The molecule has 3 rings (SSSR count). The number of hydrogen-bond donors (Lipinski definition) is 2. The van der Waals surface area contributed by atoms with Gasteiger partial charge >= 0.3 is 6.03 Å². The summed E-state index contributed by atoms with van der Waals surface area (Å²) < 4.78 is 0. The van der Waals surface area contributed by atoms with Crippen molar-refractivity contribution in [2.45, 2.75) is 46.6 Å². The van der Waals surface area contributed by atoms with E-state index in [1.54, 1.807) is 29.2 Å². The number of aryl methyl sites for hydroxylation is 1. The molecule has 2 N–H and O–H groups in total. The second-order valence-corrected chi connectivity index (χ2v) is 8.48. The number of phenolic OH excluding ortho intramolecular Hbond substituents is 1. The Hall–Kier alpha value is -3.02. The van der Waals surface area contributed by atoms with Gasteiger partial charge in [0.2, 0.25) is 0 Å². The molecule has 0 atom stereocenters. The lowest BCUT2D eigenvalue weighted by Crippen LogP contribution is -2.38.